The number of hydrogen-bond acceptors (Lipinski definition) is 3. The lowest BCUT2D eigenvalue weighted by Crippen LogP contribution is -2.37. The normalized spacial score (nSPS) is 16.9. The van der Waals surface area contributed by atoms with Crippen LogP contribution in [-0.4, -0.2) is 33.4 Å². The van der Waals surface area contributed by atoms with Crippen molar-refractivity contribution < 1.29 is 4.79 Å². The second kappa shape index (κ2) is 7.12. The summed E-state index contributed by atoms with van der Waals surface area (Å²) in [6, 6.07) is 17.6. The number of fused-ring (bicyclic) bond motifs is 1. The number of nitrogens with one attached hydrogen (secondary N) is 1. The van der Waals surface area contributed by atoms with E-state index in [-0.39, 0.29) is 23.3 Å². The molecule has 1 saturated heterocycles. The molecular formula is C21H21N3O2. The molecule has 5 heteroatoms. The van der Waals surface area contributed by atoms with Crippen LogP contribution in [0.15, 0.2) is 59.4 Å². The highest BCUT2D eigenvalue weighted by molar-refractivity contribution is 5.93. The molecule has 3 aromatic rings. The highest BCUT2D eigenvalue weighted by atomic mass is 16.2. The van der Waals surface area contributed by atoms with E-state index in [1.165, 1.54) is 5.56 Å². The van der Waals surface area contributed by atoms with Gasteiger partial charge in [0.15, 0.2) is 5.82 Å². The summed E-state index contributed by atoms with van der Waals surface area (Å²) in [6.45, 7) is 0.717. The van der Waals surface area contributed by atoms with Crippen LogP contribution in [0.3, 0.4) is 0 Å². The van der Waals surface area contributed by atoms with Crippen LogP contribution in [-0.2, 0) is 6.42 Å². The van der Waals surface area contributed by atoms with E-state index in [1.807, 2.05) is 29.2 Å². The van der Waals surface area contributed by atoms with Gasteiger partial charge in [0.05, 0.1) is 10.9 Å². The average Bonchev–Trinajstić information content (AvgIpc) is 3.15. The number of hydrogen-bond donors (Lipinski definition) is 1. The Morgan fingerprint density at radius 1 is 1.12 bits per heavy atom. The molecule has 1 aliphatic heterocycles. The molecule has 1 aromatic heterocycles. The molecule has 4 rings (SSSR count). The average molecular weight is 347 g/mol. The van der Waals surface area contributed by atoms with Gasteiger partial charge >= 0.3 is 0 Å². The van der Waals surface area contributed by atoms with Crippen LogP contribution in [0.4, 0.5) is 0 Å². The van der Waals surface area contributed by atoms with Crippen molar-refractivity contribution in [2.45, 2.75) is 31.7 Å². The first-order valence-corrected chi connectivity index (χ1v) is 9.06. The Labute approximate surface area is 151 Å². The molecule has 5 nitrogen and oxygen atoms in total. The summed E-state index contributed by atoms with van der Waals surface area (Å²) >= 11 is 0. The van der Waals surface area contributed by atoms with Crippen molar-refractivity contribution in [1.29, 1.82) is 0 Å². The largest absolute Gasteiger partial charge is 0.333 e. The molecule has 0 spiro atoms. The van der Waals surface area contributed by atoms with Crippen LogP contribution in [0.2, 0.25) is 0 Å². The number of carbonyl (C=O) groups is 1. The summed E-state index contributed by atoms with van der Waals surface area (Å²) in [5.74, 6) is -0.0382. The van der Waals surface area contributed by atoms with Crippen LogP contribution in [0.25, 0.3) is 10.9 Å². The minimum absolute atomic E-state index is 0.139. The minimum atomic E-state index is -0.265. The van der Waals surface area contributed by atoms with Gasteiger partial charge in [0.1, 0.15) is 0 Å². The molecule has 0 aliphatic carbocycles. The fourth-order valence-corrected chi connectivity index (χ4v) is 3.70. The Balaban J connectivity index is 1.54. The fraction of sp³-hybridized carbons (Fsp3) is 0.286. The Bertz CT molecular complexity index is 981. The maximum absolute atomic E-state index is 13.0. The number of aromatic amines is 1. The number of amides is 1. The van der Waals surface area contributed by atoms with Crippen molar-refractivity contribution in [2.75, 3.05) is 6.54 Å². The standard InChI is InChI=1S/C21H21N3O2/c25-20-17-10-4-5-11-18(17)22-19(23-20)21(26)24-14-6-9-16(24)13-12-15-7-2-1-3-8-15/h1-5,7-8,10-11,16H,6,9,12-14H2,(H,22,23,25). The van der Waals surface area contributed by atoms with Crippen LogP contribution in [0.1, 0.15) is 35.4 Å². The quantitative estimate of drug-likeness (QED) is 0.788. The van der Waals surface area contributed by atoms with Crippen molar-refractivity contribution in [3.63, 3.8) is 0 Å². The zero-order valence-electron chi connectivity index (χ0n) is 14.5. The Hall–Kier alpha value is -2.95. The van der Waals surface area contributed by atoms with Gasteiger partial charge < -0.3 is 9.88 Å². The fourth-order valence-electron chi connectivity index (χ4n) is 3.70. The summed E-state index contributed by atoms with van der Waals surface area (Å²) in [7, 11) is 0. The molecule has 1 aliphatic rings. The summed E-state index contributed by atoms with van der Waals surface area (Å²) in [6.07, 6.45) is 3.85. The predicted octanol–water partition coefficient (Wildman–Crippen LogP) is 3.16. The maximum atomic E-state index is 13.0. The van der Waals surface area contributed by atoms with Crippen LogP contribution < -0.4 is 5.56 Å². The van der Waals surface area contributed by atoms with Gasteiger partial charge in [-0.1, -0.05) is 42.5 Å². The summed E-state index contributed by atoms with van der Waals surface area (Å²) < 4.78 is 0. The number of nitrogens with zero attached hydrogens (tertiary/aromatic N) is 2. The lowest BCUT2D eigenvalue weighted by Gasteiger charge is -2.24. The molecule has 1 N–H and O–H groups in total. The molecule has 1 unspecified atom stereocenters. The van der Waals surface area contributed by atoms with E-state index in [9.17, 15) is 9.59 Å². The van der Waals surface area contributed by atoms with Crippen LogP contribution >= 0.6 is 0 Å². The summed E-state index contributed by atoms with van der Waals surface area (Å²) in [5.41, 5.74) is 1.57. The molecule has 0 radical (unpaired) electrons. The third-order valence-electron chi connectivity index (χ3n) is 5.06. The zero-order valence-corrected chi connectivity index (χ0v) is 14.5. The zero-order chi connectivity index (χ0) is 17.9. The SMILES string of the molecule is O=C(c1nc2ccccc2c(=O)[nH]1)N1CCCC1CCc1ccccc1. The van der Waals surface area contributed by atoms with E-state index in [1.54, 1.807) is 18.2 Å². The van der Waals surface area contributed by atoms with Gasteiger partial charge in [-0.25, -0.2) is 4.98 Å². The monoisotopic (exact) mass is 347 g/mol. The molecule has 2 heterocycles. The first-order chi connectivity index (χ1) is 12.7. The molecule has 132 valence electrons. The molecule has 1 fully saturated rings. The van der Waals surface area contributed by atoms with E-state index in [0.29, 0.717) is 10.9 Å². The Morgan fingerprint density at radius 2 is 1.88 bits per heavy atom. The summed E-state index contributed by atoms with van der Waals surface area (Å²) in [4.78, 5) is 34.1. The van der Waals surface area contributed by atoms with Gasteiger partial charge in [-0.05, 0) is 43.4 Å². The van der Waals surface area contributed by atoms with Gasteiger partial charge in [-0.3, -0.25) is 9.59 Å². The first-order valence-electron chi connectivity index (χ1n) is 9.06. The number of aromatic nitrogens is 2. The number of H-pyrrole nitrogens is 1. The second-order valence-electron chi connectivity index (χ2n) is 6.75. The molecule has 26 heavy (non-hydrogen) atoms. The molecule has 0 saturated carbocycles. The van der Waals surface area contributed by atoms with E-state index < -0.39 is 0 Å². The minimum Gasteiger partial charge on any atom is -0.333 e. The van der Waals surface area contributed by atoms with Crippen molar-refractivity contribution >= 4 is 16.8 Å². The van der Waals surface area contributed by atoms with Gasteiger partial charge in [0, 0.05) is 12.6 Å². The second-order valence-corrected chi connectivity index (χ2v) is 6.75. The van der Waals surface area contributed by atoms with Crippen molar-refractivity contribution in [2.24, 2.45) is 0 Å². The lowest BCUT2D eigenvalue weighted by atomic mass is 10.0. The third kappa shape index (κ3) is 3.25. The van der Waals surface area contributed by atoms with E-state index in [4.69, 9.17) is 0 Å². The highest BCUT2D eigenvalue weighted by Crippen LogP contribution is 2.23. The van der Waals surface area contributed by atoms with E-state index in [0.717, 1.165) is 32.2 Å². The number of carbonyl (C=O) groups excluding carboxylic acids is 1. The van der Waals surface area contributed by atoms with Crippen molar-refractivity contribution in [3.8, 4) is 0 Å². The van der Waals surface area contributed by atoms with Crippen molar-refractivity contribution in [1.82, 2.24) is 14.9 Å². The third-order valence-corrected chi connectivity index (χ3v) is 5.06. The highest BCUT2D eigenvalue weighted by Gasteiger charge is 2.30. The number of likely N-dealkylation sites (tertiary alicyclic amines) is 1. The predicted molar refractivity (Wildman–Crippen MR) is 101 cm³/mol. The van der Waals surface area contributed by atoms with E-state index >= 15 is 0 Å². The topological polar surface area (TPSA) is 66.1 Å². The smallest absolute Gasteiger partial charge is 0.290 e. The maximum Gasteiger partial charge on any atom is 0.290 e. The number of rotatable bonds is 4. The molecule has 0 bridgehead atoms. The summed E-state index contributed by atoms with van der Waals surface area (Å²) in [5, 5.41) is 0.506. The molecule has 1 amide bonds. The molecular weight excluding hydrogens is 326 g/mol. The van der Waals surface area contributed by atoms with Crippen molar-refractivity contribution in [3.05, 3.63) is 76.3 Å². The van der Waals surface area contributed by atoms with Crippen LogP contribution in [0.5, 0.6) is 0 Å². The number of para-hydroxylation sites is 1. The van der Waals surface area contributed by atoms with Gasteiger partial charge in [-0.15, -0.1) is 0 Å². The first kappa shape index (κ1) is 16.5. The van der Waals surface area contributed by atoms with Crippen LogP contribution in [0, 0.1) is 0 Å². The Kier molecular flexibility index (Phi) is 4.52. The Morgan fingerprint density at radius 3 is 2.73 bits per heavy atom. The van der Waals surface area contributed by atoms with E-state index in [2.05, 4.69) is 22.1 Å². The van der Waals surface area contributed by atoms with Gasteiger partial charge in [0.2, 0.25) is 0 Å². The molecule has 2 aromatic carbocycles. The lowest BCUT2D eigenvalue weighted by molar-refractivity contribution is 0.0718. The number of aryl methyl sites for hydroxylation is 1. The van der Waals surface area contributed by atoms with Gasteiger partial charge in [0.25, 0.3) is 11.5 Å². The molecule has 1 atom stereocenters. The van der Waals surface area contributed by atoms with Gasteiger partial charge in [-0.2, -0.15) is 0 Å². The number of benzene rings is 2.